The van der Waals surface area contributed by atoms with Crippen LogP contribution < -0.4 is 4.74 Å². The van der Waals surface area contributed by atoms with Gasteiger partial charge in [0.2, 0.25) is 0 Å². The van der Waals surface area contributed by atoms with E-state index >= 15 is 0 Å². The third-order valence-corrected chi connectivity index (χ3v) is 1.89. The second-order valence-corrected chi connectivity index (χ2v) is 3.04. The molecule has 15 heavy (non-hydrogen) atoms. The summed E-state index contributed by atoms with van der Waals surface area (Å²) in [7, 11) is 0. The fourth-order valence-corrected chi connectivity index (χ4v) is 1.18. The Morgan fingerprint density at radius 3 is 3.20 bits per heavy atom. The lowest BCUT2D eigenvalue weighted by Crippen LogP contribution is -2.00. The van der Waals surface area contributed by atoms with Gasteiger partial charge in [0.05, 0.1) is 6.61 Å². The summed E-state index contributed by atoms with van der Waals surface area (Å²) in [5, 5.41) is 13.5. The monoisotopic (exact) mass is 203 g/mol. The molecule has 0 aliphatic heterocycles. The molecule has 0 amide bonds. The Bertz CT molecular complexity index is 374. The summed E-state index contributed by atoms with van der Waals surface area (Å²) >= 11 is 0. The molecular weight excluding hydrogens is 192 g/mol. The van der Waals surface area contributed by atoms with E-state index in [1.165, 1.54) is 0 Å². The van der Waals surface area contributed by atoms with Crippen LogP contribution in [-0.2, 0) is 6.42 Å². The van der Waals surface area contributed by atoms with Crippen molar-refractivity contribution in [1.29, 1.82) is 0 Å². The molecule has 1 radical (unpaired) electrons. The number of hydrogen-bond acceptors (Lipinski definition) is 4. The average molecular weight is 203 g/mol. The van der Waals surface area contributed by atoms with Gasteiger partial charge in [-0.25, -0.2) is 5.10 Å². The van der Waals surface area contributed by atoms with Crippen LogP contribution in [0.25, 0.3) is 0 Å². The second-order valence-electron chi connectivity index (χ2n) is 3.04. The minimum atomic E-state index is 0.651. The van der Waals surface area contributed by atoms with Crippen LogP contribution in [0, 0.1) is 6.07 Å². The molecule has 0 fully saturated rings. The number of ether oxygens (including phenoxy) is 1. The van der Waals surface area contributed by atoms with Crippen LogP contribution in [0.2, 0.25) is 0 Å². The van der Waals surface area contributed by atoms with E-state index in [1.54, 1.807) is 0 Å². The van der Waals surface area contributed by atoms with E-state index in [0.29, 0.717) is 6.61 Å². The van der Waals surface area contributed by atoms with Gasteiger partial charge in [0.25, 0.3) is 0 Å². The molecule has 5 heteroatoms. The number of nitrogens with one attached hydrogen (secondary N) is 1. The van der Waals surface area contributed by atoms with Crippen LogP contribution in [0.5, 0.6) is 5.75 Å². The molecule has 1 aromatic carbocycles. The van der Waals surface area contributed by atoms with Crippen molar-refractivity contribution in [3.63, 3.8) is 0 Å². The maximum atomic E-state index is 5.49. The zero-order chi connectivity index (χ0) is 10.3. The number of nitrogens with zero attached hydrogens (tertiary/aromatic N) is 3. The van der Waals surface area contributed by atoms with Crippen molar-refractivity contribution in [2.75, 3.05) is 6.61 Å². The van der Waals surface area contributed by atoms with Gasteiger partial charge in [0.15, 0.2) is 0 Å². The second kappa shape index (κ2) is 5.09. The van der Waals surface area contributed by atoms with Crippen LogP contribution in [0.4, 0.5) is 0 Å². The van der Waals surface area contributed by atoms with Crippen LogP contribution in [0.3, 0.4) is 0 Å². The smallest absolute Gasteiger partial charge is 0.148 e. The molecule has 0 saturated heterocycles. The predicted octanol–water partition coefficient (Wildman–Crippen LogP) is 1.01. The van der Waals surface area contributed by atoms with Crippen molar-refractivity contribution < 1.29 is 4.74 Å². The maximum Gasteiger partial charge on any atom is 0.148 e. The Kier molecular flexibility index (Phi) is 3.27. The van der Waals surface area contributed by atoms with Gasteiger partial charge in [-0.3, -0.25) is 0 Å². The first kappa shape index (κ1) is 9.64. The Balaban J connectivity index is 1.68. The molecule has 1 heterocycles. The Hall–Kier alpha value is -1.91. The molecule has 0 spiro atoms. The number of rotatable bonds is 5. The van der Waals surface area contributed by atoms with Gasteiger partial charge in [-0.05, 0) is 35.0 Å². The van der Waals surface area contributed by atoms with Crippen molar-refractivity contribution in [2.45, 2.75) is 12.8 Å². The molecule has 0 bridgehead atoms. The van der Waals surface area contributed by atoms with E-state index in [1.807, 2.05) is 24.3 Å². The summed E-state index contributed by atoms with van der Waals surface area (Å²) in [6.07, 6.45) is 1.68. The molecular formula is C10H11N4O. The summed E-state index contributed by atoms with van der Waals surface area (Å²) in [6, 6.07) is 10.4. The number of aryl methyl sites for hydroxylation is 1. The molecule has 0 atom stereocenters. The maximum absolute atomic E-state index is 5.49. The van der Waals surface area contributed by atoms with E-state index in [-0.39, 0.29) is 0 Å². The summed E-state index contributed by atoms with van der Waals surface area (Å²) < 4.78 is 5.49. The highest BCUT2D eigenvalue weighted by molar-refractivity contribution is 5.19. The number of aromatic amines is 1. The van der Waals surface area contributed by atoms with E-state index in [4.69, 9.17) is 4.74 Å². The van der Waals surface area contributed by atoms with Crippen LogP contribution in [0.1, 0.15) is 12.2 Å². The largest absolute Gasteiger partial charge is 0.494 e. The average Bonchev–Trinajstić information content (AvgIpc) is 2.79. The minimum absolute atomic E-state index is 0.651. The highest BCUT2D eigenvalue weighted by Crippen LogP contribution is 2.08. The molecule has 0 aliphatic carbocycles. The quantitative estimate of drug-likeness (QED) is 0.736. The molecule has 1 N–H and O–H groups in total. The molecule has 77 valence electrons. The standard InChI is InChI=1S/C10H11N4O/c1-2-5-9(6-3-1)15-8-4-7-10-11-13-14-12-10/h1-2,5-6H,4,7-8H2,(H,11,12,13,14). The fourth-order valence-electron chi connectivity index (χ4n) is 1.18. The van der Waals surface area contributed by atoms with E-state index in [0.717, 1.165) is 24.4 Å². The molecule has 5 nitrogen and oxygen atoms in total. The number of H-pyrrole nitrogens is 1. The first-order valence-corrected chi connectivity index (χ1v) is 4.76. The topological polar surface area (TPSA) is 63.7 Å². The van der Waals surface area contributed by atoms with E-state index in [9.17, 15) is 0 Å². The molecule has 0 saturated carbocycles. The highest BCUT2D eigenvalue weighted by atomic mass is 16.5. The van der Waals surface area contributed by atoms with E-state index in [2.05, 4.69) is 26.7 Å². The van der Waals surface area contributed by atoms with Gasteiger partial charge in [-0.1, -0.05) is 12.1 Å². The van der Waals surface area contributed by atoms with Gasteiger partial charge in [-0.2, -0.15) is 0 Å². The molecule has 1 aromatic heterocycles. The highest BCUT2D eigenvalue weighted by Gasteiger charge is 1.97. The third-order valence-electron chi connectivity index (χ3n) is 1.89. The van der Waals surface area contributed by atoms with Crippen molar-refractivity contribution in [1.82, 2.24) is 20.6 Å². The molecule has 0 aliphatic rings. The lowest BCUT2D eigenvalue weighted by Gasteiger charge is -2.03. The van der Waals surface area contributed by atoms with Crippen LogP contribution >= 0.6 is 0 Å². The lowest BCUT2D eigenvalue weighted by molar-refractivity contribution is 0.310. The Labute approximate surface area is 87.5 Å². The first-order valence-electron chi connectivity index (χ1n) is 4.76. The van der Waals surface area contributed by atoms with E-state index < -0.39 is 0 Å². The van der Waals surface area contributed by atoms with Gasteiger partial charge in [0, 0.05) is 6.42 Å². The number of aromatic nitrogens is 4. The van der Waals surface area contributed by atoms with Crippen LogP contribution in [-0.4, -0.2) is 27.2 Å². The molecule has 0 unspecified atom stereocenters. The Morgan fingerprint density at radius 2 is 2.47 bits per heavy atom. The predicted molar refractivity (Wildman–Crippen MR) is 53.3 cm³/mol. The van der Waals surface area contributed by atoms with Crippen LogP contribution in [0.15, 0.2) is 24.3 Å². The summed E-state index contributed by atoms with van der Waals surface area (Å²) in [5.41, 5.74) is 0. The van der Waals surface area contributed by atoms with Gasteiger partial charge >= 0.3 is 0 Å². The van der Waals surface area contributed by atoms with Gasteiger partial charge in [-0.15, -0.1) is 5.10 Å². The summed E-state index contributed by atoms with van der Waals surface area (Å²) in [4.78, 5) is 0. The lowest BCUT2D eigenvalue weighted by atomic mass is 10.3. The normalized spacial score (nSPS) is 10.1. The zero-order valence-electron chi connectivity index (χ0n) is 8.18. The number of tetrazole rings is 1. The Morgan fingerprint density at radius 1 is 1.47 bits per heavy atom. The number of benzene rings is 1. The molecule has 2 aromatic rings. The molecule has 2 rings (SSSR count). The fraction of sp³-hybridized carbons (Fsp3) is 0.300. The van der Waals surface area contributed by atoms with Crippen molar-refractivity contribution >= 4 is 0 Å². The van der Waals surface area contributed by atoms with Crippen molar-refractivity contribution in [3.05, 3.63) is 36.2 Å². The summed E-state index contributed by atoms with van der Waals surface area (Å²) in [6.45, 7) is 0.651. The first-order chi connectivity index (χ1) is 7.45. The minimum Gasteiger partial charge on any atom is -0.494 e. The summed E-state index contributed by atoms with van der Waals surface area (Å²) in [5.74, 6) is 1.63. The number of hydrogen-bond donors (Lipinski definition) is 1. The van der Waals surface area contributed by atoms with Crippen molar-refractivity contribution in [3.8, 4) is 5.75 Å². The van der Waals surface area contributed by atoms with Crippen molar-refractivity contribution in [2.24, 2.45) is 0 Å². The SMILES string of the molecule is [c]1cccc(OCCCc2nnn[nH]2)c1. The van der Waals surface area contributed by atoms with Gasteiger partial charge < -0.3 is 4.74 Å². The van der Waals surface area contributed by atoms with Gasteiger partial charge in [0.1, 0.15) is 11.6 Å². The third kappa shape index (κ3) is 3.05. The zero-order valence-corrected chi connectivity index (χ0v) is 8.18.